The van der Waals surface area contributed by atoms with E-state index in [2.05, 4.69) is 53.0 Å². The minimum Gasteiger partial charge on any atom is -0.341 e. The number of oxime groups is 1. The fourth-order valence-electron chi connectivity index (χ4n) is 3.24. The standard InChI is InChI=1S/C18H16N2O2S/c1-3-20-15-7-5-4-6-13(15)17-16(20)9-8-12-14(10-23-18(12)17)19-22-11(2)21/h4-9H,3,10H2,1-2H3/b19-14+. The molecule has 0 fully saturated rings. The molecule has 3 aromatic rings. The second-order valence-electron chi connectivity index (χ2n) is 5.51. The second kappa shape index (κ2) is 5.42. The first-order valence-corrected chi connectivity index (χ1v) is 8.60. The molecule has 1 aliphatic rings. The van der Waals surface area contributed by atoms with Gasteiger partial charge in [-0.3, -0.25) is 0 Å². The van der Waals surface area contributed by atoms with Crippen molar-refractivity contribution in [1.82, 2.24) is 4.57 Å². The minimum atomic E-state index is -0.389. The van der Waals surface area contributed by atoms with Crippen LogP contribution >= 0.6 is 11.8 Å². The summed E-state index contributed by atoms with van der Waals surface area (Å²) in [7, 11) is 0. The van der Waals surface area contributed by atoms with E-state index < -0.39 is 0 Å². The fraction of sp³-hybridized carbons (Fsp3) is 0.222. The molecule has 0 saturated carbocycles. The van der Waals surface area contributed by atoms with E-state index in [-0.39, 0.29) is 5.97 Å². The summed E-state index contributed by atoms with van der Waals surface area (Å²) in [6.07, 6.45) is 0. The predicted molar refractivity (Wildman–Crippen MR) is 94.1 cm³/mol. The van der Waals surface area contributed by atoms with Crippen LogP contribution in [0.2, 0.25) is 0 Å². The Kier molecular flexibility index (Phi) is 3.38. The van der Waals surface area contributed by atoms with Gasteiger partial charge in [-0.25, -0.2) is 4.79 Å². The molecule has 116 valence electrons. The Morgan fingerprint density at radius 2 is 2.09 bits per heavy atom. The number of hydrogen-bond acceptors (Lipinski definition) is 4. The average molecular weight is 324 g/mol. The summed E-state index contributed by atoms with van der Waals surface area (Å²) in [6.45, 7) is 4.47. The maximum atomic E-state index is 11.0. The Labute approximate surface area is 138 Å². The van der Waals surface area contributed by atoms with Gasteiger partial charge in [0.15, 0.2) is 0 Å². The molecular weight excluding hydrogens is 308 g/mol. The van der Waals surface area contributed by atoms with Crippen molar-refractivity contribution in [3.63, 3.8) is 0 Å². The molecule has 0 amide bonds. The third-order valence-electron chi connectivity index (χ3n) is 4.16. The van der Waals surface area contributed by atoms with Gasteiger partial charge in [-0.15, -0.1) is 11.8 Å². The summed E-state index contributed by atoms with van der Waals surface area (Å²) in [6, 6.07) is 12.7. The van der Waals surface area contributed by atoms with Gasteiger partial charge in [0.25, 0.3) is 0 Å². The summed E-state index contributed by atoms with van der Waals surface area (Å²) in [5, 5.41) is 6.56. The lowest BCUT2D eigenvalue weighted by Gasteiger charge is -2.04. The fourth-order valence-corrected chi connectivity index (χ4v) is 4.43. The number of carbonyl (C=O) groups is 1. The van der Waals surface area contributed by atoms with Crippen LogP contribution in [0.5, 0.6) is 0 Å². The number of thioether (sulfide) groups is 1. The van der Waals surface area contributed by atoms with E-state index in [1.165, 1.54) is 33.6 Å². The van der Waals surface area contributed by atoms with E-state index in [1.54, 1.807) is 11.8 Å². The maximum absolute atomic E-state index is 11.0. The molecule has 0 atom stereocenters. The Balaban J connectivity index is 2.00. The van der Waals surface area contributed by atoms with Crippen molar-refractivity contribution in [2.75, 3.05) is 5.75 Å². The predicted octanol–water partition coefficient (Wildman–Crippen LogP) is 4.19. The number of aromatic nitrogens is 1. The molecular formula is C18H16N2O2S. The van der Waals surface area contributed by atoms with Crippen LogP contribution in [0, 0.1) is 0 Å². The lowest BCUT2D eigenvalue weighted by atomic mass is 10.1. The van der Waals surface area contributed by atoms with Crippen molar-refractivity contribution in [2.45, 2.75) is 25.3 Å². The number of benzene rings is 2. The number of rotatable bonds is 2. The quantitative estimate of drug-likeness (QED) is 0.524. The van der Waals surface area contributed by atoms with Crippen molar-refractivity contribution in [3.05, 3.63) is 42.0 Å². The zero-order valence-electron chi connectivity index (χ0n) is 13.0. The third kappa shape index (κ3) is 2.15. The van der Waals surface area contributed by atoms with Crippen LogP contribution in [0.4, 0.5) is 0 Å². The van der Waals surface area contributed by atoms with Crippen molar-refractivity contribution in [1.29, 1.82) is 0 Å². The number of hydrogen-bond donors (Lipinski definition) is 0. The smallest absolute Gasteiger partial charge is 0.331 e. The van der Waals surface area contributed by atoms with Gasteiger partial charge >= 0.3 is 5.97 Å². The van der Waals surface area contributed by atoms with Crippen LogP contribution in [0.25, 0.3) is 21.8 Å². The first-order chi connectivity index (χ1) is 11.2. The molecule has 0 N–H and O–H groups in total. The molecule has 2 heterocycles. The largest absolute Gasteiger partial charge is 0.341 e. The van der Waals surface area contributed by atoms with E-state index in [9.17, 15) is 4.79 Å². The molecule has 0 bridgehead atoms. The summed E-state index contributed by atoms with van der Waals surface area (Å²) in [5.41, 5.74) is 4.40. The lowest BCUT2D eigenvalue weighted by molar-refractivity contribution is -0.140. The monoisotopic (exact) mass is 324 g/mol. The van der Waals surface area contributed by atoms with Gasteiger partial charge in [0.1, 0.15) is 0 Å². The van der Waals surface area contributed by atoms with E-state index >= 15 is 0 Å². The SMILES string of the molecule is CCn1c2ccccc2c2c3c(ccc21)/C(=N/OC(C)=O)CS3. The highest BCUT2D eigenvalue weighted by atomic mass is 32.2. The first kappa shape index (κ1) is 14.3. The summed E-state index contributed by atoms with van der Waals surface area (Å²) < 4.78 is 2.34. The van der Waals surface area contributed by atoms with E-state index in [4.69, 9.17) is 4.84 Å². The molecule has 23 heavy (non-hydrogen) atoms. The zero-order chi connectivity index (χ0) is 16.0. The third-order valence-corrected chi connectivity index (χ3v) is 5.29. The Morgan fingerprint density at radius 1 is 1.26 bits per heavy atom. The Hall–Kier alpha value is -2.27. The van der Waals surface area contributed by atoms with Crippen LogP contribution in [0.1, 0.15) is 19.4 Å². The molecule has 2 aromatic carbocycles. The van der Waals surface area contributed by atoms with E-state index in [0.29, 0.717) is 0 Å². The summed E-state index contributed by atoms with van der Waals surface area (Å²) >= 11 is 1.76. The number of aryl methyl sites for hydroxylation is 1. The van der Waals surface area contributed by atoms with Gasteiger partial charge in [-0.05, 0) is 25.1 Å². The van der Waals surface area contributed by atoms with Crippen LogP contribution in [0.3, 0.4) is 0 Å². The Bertz CT molecular complexity index is 972. The van der Waals surface area contributed by atoms with E-state index in [1.807, 2.05) is 0 Å². The number of carbonyl (C=O) groups excluding carboxylic acids is 1. The van der Waals surface area contributed by atoms with Crippen LogP contribution in [-0.2, 0) is 16.2 Å². The van der Waals surface area contributed by atoms with Gasteiger partial charge < -0.3 is 9.40 Å². The molecule has 4 nitrogen and oxygen atoms in total. The van der Waals surface area contributed by atoms with Crippen LogP contribution < -0.4 is 0 Å². The van der Waals surface area contributed by atoms with Crippen molar-refractivity contribution in [2.24, 2.45) is 5.16 Å². The van der Waals surface area contributed by atoms with E-state index in [0.717, 1.165) is 23.6 Å². The van der Waals surface area contributed by atoms with Crippen LogP contribution in [-0.4, -0.2) is 22.0 Å². The number of nitrogens with zero attached hydrogens (tertiary/aromatic N) is 2. The van der Waals surface area contributed by atoms with Crippen molar-refractivity contribution in [3.8, 4) is 0 Å². The van der Waals surface area contributed by atoms with Gasteiger partial charge in [0.05, 0.1) is 11.2 Å². The highest BCUT2D eigenvalue weighted by molar-refractivity contribution is 8.00. The molecule has 0 saturated heterocycles. The highest BCUT2D eigenvalue weighted by Gasteiger charge is 2.24. The van der Waals surface area contributed by atoms with Gasteiger partial charge in [-0.1, -0.05) is 23.4 Å². The zero-order valence-corrected chi connectivity index (χ0v) is 13.8. The average Bonchev–Trinajstić information content (AvgIpc) is 3.11. The van der Waals surface area contributed by atoms with Crippen LogP contribution in [0.15, 0.2) is 46.4 Å². The number of fused-ring (bicyclic) bond motifs is 5. The molecule has 1 aromatic heterocycles. The van der Waals surface area contributed by atoms with Crippen molar-refractivity contribution >= 4 is 45.2 Å². The summed E-state index contributed by atoms with van der Waals surface area (Å²) in [4.78, 5) is 17.1. The van der Waals surface area contributed by atoms with Gasteiger partial charge in [0.2, 0.25) is 0 Å². The molecule has 0 radical (unpaired) electrons. The number of para-hydroxylation sites is 1. The second-order valence-corrected chi connectivity index (χ2v) is 6.49. The summed E-state index contributed by atoms with van der Waals surface area (Å²) in [5.74, 6) is 0.340. The molecule has 1 aliphatic heterocycles. The molecule has 4 rings (SSSR count). The molecule has 0 unspecified atom stereocenters. The topological polar surface area (TPSA) is 43.6 Å². The molecule has 5 heteroatoms. The first-order valence-electron chi connectivity index (χ1n) is 7.62. The van der Waals surface area contributed by atoms with Crippen molar-refractivity contribution < 1.29 is 9.63 Å². The minimum absolute atomic E-state index is 0.389. The maximum Gasteiger partial charge on any atom is 0.331 e. The van der Waals surface area contributed by atoms with Gasteiger partial charge in [0, 0.05) is 46.0 Å². The molecule has 0 aliphatic carbocycles. The normalized spacial score (nSPS) is 15.5. The molecule has 0 spiro atoms. The lowest BCUT2D eigenvalue weighted by Crippen LogP contribution is -2.02. The Morgan fingerprint density at radius 3 is 2.87 bits per heavy atom. The van der Waals surface area contributed by atoms with Gasteiger partial charge in [-0.2, -0.15) is 0 Å². The highest BCUT2D eigenvalue weighted by Crippen LogP contribution is 2.42.